The van der Waals surface area contributed by atoms with Crippen LogP contribution in [0.5, 0.6) is 0 Å². The molecule has 2 unspecified atom stereocenters. The first-order chi connectivity index (χ1) is 9.67. The Morgan fingerprint density at radius 3 is 2.70 bits per heavy atom. The second kappa shape index (κ2) is 9.32. The van der Waals surface area contributed by atoms with E-state index in [1.54, 1.807) is 0 Å². The molecule has 0 aromatic carbocycles. The lowest BCUT2D eigenvalue weighted by Gasteiger charge is -2.32. The van der Waals surface area contributed by atoms with Crippen LogP contribution in [-0.4, -0.2) is 49.6 Å². The first-order valence-electron chi connectivity index (χ1n) is 7.81. The van der Waals surface area contributed by atoms with Gasteiger partial charge in [-0.15, -0.1) is 0 Å². The number of rotatable bonds is 11. The minimum atomic E-state index is -0.737. The number of ether oxygens (including phenoxy) is 2. The highest BCUT2D eigenvalue weighted by Gasteiger charge is 2.48. The second-order valence-electron chi connectivity index (χ2n) is 5.39. The van der Waals surface area contributed by atoms with Gasteiger partial charge in [-0.2, -0.15) is 0 Å². The number of aliphatic carboxylic acids is 1. The third-order valence-electron chi connectivity index (χ3n) is 4.08. The molecule has 0 saturated heterocycles. The Labute approximate surface area is 122 Å². The van der Waals surface area contributed by atoms with E-state index in [0.717, 1.165) is 38.6 Å². The van der Waals surface area contributed by atoms with E-state index < -0.39 is 11.5 Å². The van der Waals surface area contributed by atoms with Gasteiger partial charge in [0, 0.05) is 13.2 Å². The summed E-state index contributed by atoms with van der Waals surface area (Å²) in [6, 6.07) is 0. The molecule has 0 aliphatic heterocycles. The average molecular weight is 287 g/mol. The van der Waals surface area contributed by atoms with E-state index in [1.807, 2.05) is 6.92 Å². The van der Waals surface area contributed by atoms with Gasteiger partial charge in [-0.25, -0.2) is 0 Å². The molecule has 5 heteroatoms. The molecule has 1 saturated carbocycles. The van der Waals surface area contributed by atoms with Gasteiger partial charge in [-0.3, -0.25) is 4.79 Å². The largest absolute Gasteiger partial charge is 0.480 e. The summed E-state index contributed by atoms with van der Waals surface area (Å²) in [6.07, 6.45) is 4.43. The predicted molar refractivity (Wildman–Crippen MR) is 77.9 cm³/mol. The van der Waals surface area contributed by atoms with Crippen LogP contribution in [0.3, 0.4) is 0 Å². The van der Waals surface area contributed by atoms with Crippen LogP contribution in [0.1, 0.15) is 46.0 Å². The lowest BCUT2D eigenvalue weighted by atomic mass is 9.84. The Kier molecular flexibility index (Phi) is 8.11. The molecule has 5 nitrogen and oxygen atoms in total. The van der Waals surface area contributed by atoms with Gasteiger partial charge in [0.05, 0.1) is 13.2 Å². The lowest BCUT2D eigenvalue weighted by Crippen LogP contribution is -2.55. The molecule has 1 aliphatic rings. The third kappa shape index (κ3) is 4.72. The van der Waals surface area contributed by atoms with Crippen LogP contribution >= 0.6 is 0 Å². The van der Waals surface area contributed by atoms with Crippen LogP contribution in [0.4, 0.5) is 0 Å². The predicted octanol–water partition coefficient (Wildman–Crippen LogP) is 2.05. The molecule has 0 aromatic rings. The van der Waals surface area contributed by atoms with Crippen LogP contribution < -0.4 is 5.32 Å². The van der Waals surface area contributed by atoms with E-state index in [0.29, 0.717) is 26.4 Å². The number of nitrogens with one attached hydrogen (secondary N) is 1. The van der Waals surface area contributed by atoms with Gasteiger partial charge >= 0.3 is 5.97 Å². The fraction of sp³-hybridized carbons (Fsp3) is 0.933. The van der Waals surface area contributed by atoms with Crippen LogP contribution in [0, 0.1) is 5.92 Å². The molecule has 0 aromatic heterocycles. The lowest BCUT2D eigenvalue weighted by molar-refractivity contribution is -0.147. The smallest absolute Gasteiger partial charge is 0.324 e. The van der Waals surface area contributed by atoms with Crippen molar-refractivity contribution < 1.29 is 19.4 Å². The molecule has 118 valence electrons. The van der Waals surface area contributed by atoms with Crippen molar-refractivity contribution in [1.82, 2.24) is 5.32 Å². The van der Waals surface area contributed by atoms with E-state index in [-0.39, 0.29) is 5.92 Å². The summed E-state index contributed by atoms with van der Waals surface area (Å²) in [4.78, 5) is 11.7. The summed E-state index contributed by atoms with van der Waals surface area (Å²) in [7, 11) is 0. The Hall–Kier alpha value is -0.650. The first kappa shape index (κ1) is 17.4. The maximum atomic E-state index is 11.7. The van der Waals surface area contributed by atoms with Gasteiger partial charge in [0.25, 0.3) is 0 Å². The van der Waals surface area contributed by atoms with Crippen LogP contribution in [-0.2, 0) is 14.3 Å². The third-order valence-corrected chi connectivity index (χ3v) is 4.08. The molecular formula is C15H29NO4. The Bertz CT molecular complexity index is 285. The van der Waals surface area contributed by atoms with E-state index in [1.165, 1.54) is 0 Å². The molecule has 0 radical (unpaired) electrons. The number of hydrogen-bond donors (Lipinski definition) is 2. The van der Waals surface area contributed by atoms with Crippen molar-refractivity contribution in [3.05, 3.63) is 0 Å². The highest BCUT2D eigenvalue weighted by Crippen LogP contribution is 2.38. The quantitative estimate of drug-likeness (QED) is 0.569. The fourth-order valence-electron chi connectivity index (χ4n) is 3.00. The molecule has 2 atom stereocenters. The van der Waals surface area contributed by atoms with E-state index >= 15 is 0 Å². The summed E-state index contributed by atoms with van der Waals surface area (Å²) < 4.78 is 10.7. The second-order valence-corrected chi connectivity index (χ2v) is 5.39. The summed E-state index contributed by atoms with van der Waals surface area (Å²) >= 11 is 0. The molecule has 0 spiro atoms. The number of carboxylic acids is 1. The van der Waals surface area contributed by atoms with Crippen molar-refractivity contribution in [2.24, 2.45) is 5.92 Å². The van der Waals surface area contributed by atoms with Crippen LogP contribution in [0.25, 0.3) is 0 Å². The summed E-state index contributed by atoms with van der Waals surface area (Å²) in [6.45, 7) is 7.29. The van der Waals surface area contributed by atoms with Crippen LogP contribution in [0.15, 0.2) is 0 Å². The van der Waals surface area contributed by atoms with Crippen molar-refractivity contribution in [2.45, 2.75) is 51.5 Å². The zero-order valence-corrected chi connectivity index (χ0v) is 12.8. The molecule has 0 heterocycles. The average Bonchev–Trinajstić information content (AvgIpc) is 2.84. The maximum absolute atomic E-state index is 11.7. The van der Waals surface area contributed by atoms with E-state index in [9.17, 15) is 9.90 Å². The maximum Gasteiger partial charge on any atom is 0.324 e. The summed E-state index contributed by atoms with van der Waals surface area (Å²) in [5.74, 6) is -0.540. The zero-order chi connectivity index (χ0) is 14.8. The Morgan fingerprint density at radius 2 is 2.05 bits per heavy atom. The molecule has 20 heavy (non-hydrogen) atoms. The Balaban J connectivity index is 2.39. The minimum absolute atomic E-state index is 0.165. The standard InChI is InChI=1S/C15H29NO4/c1-3-9-16-15(14(17)18)8-5-6-13(15)7-10-20-12-11-19-4-2/h13,16H,3-12H2,1-2H3,(H,17,18). The van der Waals surface area contributed by atoms with E-state index in [4.69, 9.17) is 9.47 Å². The fourth-order valence-corrected chi connectivity index (χ4v) is 3.00. The molecule has 2 N–H and O–H groups in total. The van der Waals surface area contributed by atoms with Crippen molar-refractivity contribution >= 4 is 5.97 Å². The van der Waals surface area contributed by atoms with Gasteiger partial charge < -0.3 is 19.9 Å². The van der Waals surface area contributed by atoms with Gasteiger partial charge in [0.15, 0.2) is 0 Å². The number of carboxylic acid groups (broad SMARTS) is 1. The zero-order valence-electron chi connectivity index (χ0n) is 12.8. The van der Waals surface area contributed by atoms with Gasteiger partial charge in [0.1, 0.15) is 5.54 Å². The van der Waals surface area contributed by atoms with Crippen molar-refractivity contribution in [3.8, 4) is 0 Å². The monoisotopic (exact) mass is 287 g/mol. The summed E-state index contributed by atoms with van der Waals surface area (Å²) in [5.41, 5.74) is -0.737. The normalized spacial score (nSPS) is 26.0. The van der Waals surface area contributed by atoms with Crippen molar-refractivity contribution in [2.75, 3.05) is 33.0 Å². The molecule has 0 bridgehead atoms. The van der Waals surface area contributed by atoms with Gasteiger partial charge in [-0.1, -0.05) is 13.3 Å². The van der Waals surface area contributed by atoms with Crippen LogP contribution in [0.2, 0.25) is 0 Å². The SMILES string of the molecule is CCCNC1(C(=O)O)CCCC1CCOCCOCC. The molecule has 0 amide bonds. The topological polar surface area (TPSA) is 67.8 Å². The first-order valence-corrected chi connectivity index (χ1v) is 7.81. The highest BCUT2D eigenvalue weighted by molar-refractivity contribution is 5.79. The molecule has 1 fully saturated rings. The summed E-state index contributed by atoms with van der Waals surface area (Å²) in [5, 5.41) is 12.9. The minimum Gasteiger partial charge on any atom is -0.480 e. The molecule has 1 aliphatic carbocycles. The Morgan fingerprint density at radius 1 is 1.30 bits per heavy atom. The van der Waals surface area contributed by atoms with Gasteiger partial charge in [-0.05, 0) is 45.1 Å². The van der Waals surface area contributed by atoms with Crippen molar-refractivity contribution in [1.29, 1.82) is 0 Å². The number of carbonyl (C=O) groups is 1. The van der Waals surface area contributed by atoms with E-state index in [2.05, 4.69) is 12.2 Å². The number of hydrogen-bond acceptors (Lipinski definition) is 4. The molecule has 1 rings (SSSR count). The highest BCUT2D eigenvalue weighted by atomic mass is 16.5. The van der Waals surface area contributed by atoms with Crippen molar-refractivity contribution in [3.63, 3.8) is 0 Å². The molecular weight excluding hydrogens is 258 g/mol. The van der Waals surface area contributed by atoms with Gasteiger partial charge in [0.2, 0.25) is 0 Å².